The van der Waals surface area contributed by atoms with Gasteiger partial charge in [0.15, 0.2) is 29.1 Å². The second-order valence-corrected chi connectivity index (χ2v) is 8.58. The average Bonchev–Trinajstić information content (AvgIpc) is 3.43. The molecular formula is C28H26N4O5. The maximum atomic E-state index is 6.72. The van der Waals surface area contributed by atoms with Crippen molar-refractivity contribution in [3.05, 3.63) is 89.3 Å². The summed E-state index contributed by atoms with van der Waals surface area (Å²) >= 11 is 0. The van der Waals surface area contributed by atoms with E-state index in [1.54, 1.807) is 34.8 Å². The molecule has 0 fully saturated rings. The zero-order valence-electron chi connectivity index (χ0n) is 20.9. The summed E-state index contributed by atoms with van der Waals surface area (Å²) in [5.74, 6) is 3.88. The van der Waals surface area contributed by atoms with Crippen molar-refractivity contribution in [2.24, 2.45) is 0 Å². The van der Waals surface area contributed by atoms with Crippen LogP contribution in [0.15, 0.2) is 72.6 Å². The molecule has 4 aromatic rings. The molecule has 188 valence electrons. The highest BCUT2D eigenvalue weighted by Gasteiger charge is 2.42. The minimum atomic E-state index is -0.516. The van der Waals surface area contributed by atoms with E-state index in [-0.39, 0.29) is 6.04 Å². The first-order chi connectivity index (χ1) is 18.2. The Morgan fingerprint density at radius 2 is 1.65 bits per heavy atom. The third-order valence-corrected chi connectivity index (χ3v) is 6.76. The van der Waals surface area contributed by atoms with Crippen LogP contribution in [0.3, 0.4) is 0 Å². The van der Waals surface area contributed by atoms with Crippen LogP contribution >= 0.6 is 0 Å². The lowest BCUT2D eigenvalue weighted by Crippen LogP contribution is -2.32. The summed E-state index contributed by atoms with van der Waals surface area (Å²) < 4.78 is 31.2. The van der Waals surface area contributed by atoms with Crippen molar-refractivity contribution in [2.45, 2.75) is 12.1 Å². The minimum absolute atomic E-state index is 0.359. The van der Waals surface area contributed by atoms with Crippen LogP contribution in [-0.4, -0.2) is 43.2 Å². The second-order valence-electron chi connectivity index (χ2n) is 8.58. The Hall–Kier alpha value is -4.66. The molecule has 0 spiro atoms. The van der Waals surface area contributed by atoms with Gasteiger partial charge in [-0.1, -0.05) is 30.3 Å². The first kappa shape index (κ1) is 22.8. The van der Waals surface area contributed by atoms with Crippen molar-refractivity contribution >= 4 is 11.6 Å². The van der Waals surface area contributed by atoms with Gasteiger partial charge in [-0.15, -0.1) is 0 Å². The Labute approximate surface area is 214 Å². The van der Waals surface area contributed by atoms with E-state index in [1.807, 2.05) is 65.3 Å². The smallest absolute Gasteiger partial charge is 0.226 e. The van der Waals surface area contributed by atoms with Crippen molar-refractivity contribution in [2.75, 3.05) is 33.8 Å². The topological polar surface area (TPSA) is 88.9 Å². The minimum Gasteiger partial charge on any atom is -0.493 e. The van der Waals surface area contributed by atoms with Crippen LogP contribution in [0.4, 0.5) is 5.95 Å². The summed E-state index contributed by atoms with van der Waals surface area (Å²) in [6, 6.07) is 19.3. The van der Waals surface area contributed by atoms with Gasteiger partial charge in [-0.3, -0.25) is 0 Å². The number of para-hydroxylation sites is 2. The molecule has 2 aliphatic heterocycles. The van der Waals surface area contributed by atoms with Crippen LogP contribution in [0, 0.1) is 0 Å². The highest BCUT2D eigenvalue weighted by molar-refractivity contribution is 5.85. The maximum Gasteiger partial charge on any atom is 0.226 e. The molecule has 0 saturated carbocycles. The van der Waals surface area contributed by atoms with Crippen molar-refractivity contribution in [1.82, 2.24) is 14.8 Å². The van der Waals surface area contributed by atoms with Crippen LogP contribution < -0.4 is 29.0 Å². The molecule has 0 radical (unpaired) electrons. The summed E-state index contributed by atoms with van der Waals surface area (Å²) in [4.78, 5) is 4.50. The van der Waals surface area contributed by atoms with E-state index in [0.29, 0.717) is 28.9 Å². The predicted octanol–water partition coefficient (Wildman–Crippen LogP) is 4.87. The fourth-order valence-corrected chi connectivity index (χ4v) is 5.14. The number of anilines is 1. The van der Waals surface area contributed by atoms with Gasteiger partial charge >= 0.3 is 0 Å². The largest absolute Gasteiger partial charge is 0.493 e. The third kappa shape index (κ3) is 3.54. The Morgan fingerprint density at radius 1 is 0.838 bits per heavy atom. The monoisotopic (exact) mass is 498 g/mol. The Bertz CT molecular complexity index is 1510. The zero-order valence-corrected chi connectivity index (χ0v) is 20.9. The first-order valence-corrected chi connectivity index (χ1v) is 11.8. The van der Waals surface area contributed by atoms with Crippen LogP contribution in [0.1, 0.15) is 28.8 Å². The molecule has 37 heavy (non-hydrogen) atoms. The van der Waals surface area contributed by atoms with E-state index < -0.39 is 6.10 Å². The fourth-order valence-electron chi connectivity index (χ4n) is 5.14. The van der Waals surface area contributed by atoms with Crippen molar-refractivity contribution in [3.63, 3.8) is 0 Å². The summed E-state index contributed by atoms with van der Waals surface area (Å²) in [6.45, 7) is 0. The summed E-state index contributed by atoms with van der Waals surface area (Å²) in [7, 11) is 6.50. The molecule has 6 rings (SSSR count). The van der Waals surface area contributed by atoms with Gasteiger partial charge in [0, 0.05) is 16.7 Å². The van der Waals surface area contributed by atoms with Crippen LogP contribution in [0.25, 0.3) is 5.70 Å². The van der Waals surface area contributed by atoms with Gasteiger partial charge < -0.3 is 29.0 Å². The highest BCUT2D eigenvalue weighted by atomic mass is 16.5. The van der Waals surface area contributed by atoms with Crippen LogP contribution in [-0.2, 0) is 0 Å². The fraction of sp³-hybridized carbons (Fsp3) is 0.214. The number of ether oxygens (including phenoxy) is 5. The number of aromatic nitrogens is 3. The van der Waals surface area contributed by atoms with Gasteiger partial charge in [0.05, 0.1) is 34.1 Å². The van der Waals surface area contributed by atoms with Gasteiger partial charge in [-0.25, -0.2) is 4.68 Å². The summed E-state index contributed by atoms with van der Waals surface area (Å²) in [5, 5.41) is 8.10. The lowest BCUT2D eigenvalue weighted by atomic mass is 9.84. The maximum absolute atomic E-state index is 6.72. The molecule has 0 aliphatic carbocycles. The molecule has 0 unspecified atom stereocenters. The lowest BCUT2D eigenvalue weighted by molar-refractivity contribution is 0.216. The van der Waals surface area contributed by atoms with Gasteiger partial charge in [0.1, 0.15) is 18.1 Å². The van der Waals surface area contributed by atoms with Crippen molar-refractivity contribution < 1.29 is 23.7 Å². The van der Waals surface area contributed by atoms with E-state index in [1.165, 1.54) is 0 Å². The summed E-state index contributed by atoms with van der Waals surface area (Å²) in [5.41, 5.74) is 4.58. The van der Waals surface area contributed by atoms with E-state index >= 15 is 0 Å². The number of hydrogen-bond donors (Lipinski definition) is 1. The van der Waals surface area contributed by atoms with Gasteiger partial charge in [0.25, 0.3) is 0 Å². The number of nitrogens with zero attached hydrogens (tertiary/aromatic N) is 3. The normalized spacial score (nSPS) is 17.5. The molecular weight excluding hydrogens is 472 g/mol. The molecule has 2 aliphatic rings. The predicted molar refractivity (Wildman–Crippen MR) is 138 cm³/mol. The molecule has 1 N–H and O–H groups in total. The number of methoxy groups -OCH3 is 4. The number of hydrogen-bond acceptors (Lipinski definition) is 8. The molecule has 1 aromatic heterocycles. The standard InChI is InChI=1S/C28H26N4O5/c1-33-20-13-12-16(14-22(20)35-3)25-23-24(31-28-29-15-30-32(25)28)17-8-5-6-10-19(17)37-27(23)18-9-7-11-21(34-2)26(18)36-4/h5-15,25,27H,1-4H3,(H,29,30,31)/t25-,27+/m1/s1. The number of rotatable bonds is 6. The Balaban J connectivity index is 1.63. The third-order valence-electron chi connectivity index (χ3n) is 6.76. The molecule has 2 atom stereocenters. The number of fused-ring (bicyclic) bond motifs is 3. The van der Waals surface area contributed by atoms with E-state index in [9.17, 15) is 0 Å². The van der Waals surface area contributed by atoms with Gasteiger partial charge in [-0.05, 0) is 35.9 Å². The first-order valence-electron chi connectivity index (χ1n) is 11.8. The molecule has 3 aromatic carbocycles. The molecule has 0 bridgehead atoms. The number of nitrogens with one attached hydrogen (secondary N) is 1. The molecule has 0 saturated heterocycles. The Kier molecular flexibility index (Phi) is 5.60. The van der Waals surface area contributed by atoms with E-state index in [4.69, 9.17) is 23.7 Å². The van der Waals surface area contributed by atoms with E-state index in [0.717, 1.165) is 33.7 Å². The van der Waals surface area contributed by atoms with Gasteiger partial charge in [0.2, 0.25) is 5.95 Å². The van der Waals surface area contributed by atoms with E-state index in [2.05, 4.69) is 15.4 Å². The van der Waals surface area contributed by atoms with Crippen molar-refractivity contribution in [3.8, 4) is 28.7 Å². The molecule has 3 heterocycles. The lowest BCUT2D eigenvalue weighted by Gasteiger charge is -2.39. The molecule has 0 amide bonds. The molecule has 9 heteroatoms. The zero-order chi connectivity index (χ0) is 25.5. The average molecular weight is 499 g/mol. The Morgan fingerprint density at radius 3 is 2.43 bits per heavy atom. The SMILES string of the molecule is COc1ccc([C@@H]2C3=C(Nc4ncnn42)c2ccccc2O[C@H]3c2cccc(OC)c2OC)cc1OC. The number of benzene rings is 3. The summed E-state index contributed by atoms with van der Waals surface area (Å²) in [6.07, 6.45) is 1.03. The molecule has 9 nitrogen and oxygen atoms in total. The second kappa shape index (κ2) is 9.09. The van der Waals surface area contributed by atoms with Crippen molar-refractivity contribution in [1.29, 1.82) is 0 Å². The van der Waals surface area contributed by atoms with Gasteiger partial charge in [-0.2, -0.15) is 10.1 Å². The van der Waals surface area contributed by atoms with Crippen LogP contribution in [0.5, 0.6) is 28.7 Å². The highest BCUT2D eigenvalue weighted by Crippen LogP contribution is 2.53. The van der Waals surface area contributed by atoms with Crippen LogP contribution in [0.2, 0.25) is 0 Å². The quantitative estimate of drug-likeness (QED) is 0.403.